The van der Waals surface area contributed by atoms with Crippen molar-refractivity contribution >= 4 is 40.9 Å². The molecule has 32 heavy (non-hydrogen) atoms. The van der Waals surface area contributed by atoms with Crippen molar-refractivity contribution in [3.05, 3.63) is 81.6 Å². The maximum Gasteiger partial charge on any atom is 0.353 e. The first-order valence-electron chi connectivity index (χ1n) is 9.90. The second kappa shape index (κ2) is 9.07. The normalized spacial score (nSPS) is 14.6. The minimum Gasteiger partial charge on any atom is -0.493 e. The molecule has 2 heterocycles. The number of carbonyl (C=O) groups excluding carboxylic acids is 3. The number of ether oxygens (including phenoxy) is 2. The zero-order valence-electron chi connectivity index (χ0n) is 17.5. The van der Waals surface area contributed by atoms with Gasteiger partial charge < -0.3 is 9.47 Å². The molecule has 2 amide bonds. The third-order valence-electron chi connectivity index (χ3n) is 4.92. The molecule has 4 rings (SSSR count). The van der Waals surface area contributed by atoms with Gasteiger partial charge in [0, 0.05) is 0 Å². The van der Waals surface area contributed by atoms with Crippen molar-refractivity contribution in [2.24, 2.45) is 0 Å². The Labute approximate surface area is 188 Å². The lowest BCUT2D eigenvalue weighted by molar-refractivity contribution is -0.117. The third-order valence-corrected chi connectivity index (χ3v) is 5.77. The first-order valence-corrected chi connectivity index (χ1v) is 10.8. The molecule has 162 valence electrons. The number of benzene rings is 2. The molecule has 7 nitrogen and oxygen atoms in total. The van der Waals surface area contributed by atoms with E-state index in [1.54, 1.807) is 47.8 Å². The largest absolute Gasteiger partial charge is 0.493 e. The van der Waals surface area contributed by atoms with Gasteiger partial charge in [-0.25, -0.2) is 9.80 Å². The van der Waals surface area contributed by atoms with E-state index in [2.05, 4.69) is 5.43 Å². The van der Waals surface area contributed by atoms with Crippen molar-refractivity contribution in [1.29, 1.82) is 0 Å². The Morgan fingerprint density at radius 3 is 2.53 bits per heavy atom. The highest BCUT2D eigenvalue weighted by molar-refractivity contribution is 7.12. The molecule has 0 radical (unpaired) electrons. The van der Waals surface area contributed by atoms with Gasteiger partial charge in [-0.15, -0.1) is 11.3 Å². The zero-order chi connectivity index (χ0) is 22.7. The second-order valence-electron chi connectivity index (χ2n) is 6.94. The SMILES string of the molecule is CCc1ccc(N2NC(=O)C(=Cc3ccc(OC(=O)c4cccs4)c(OC)c3)C2=O)cc1. The van der Waals surface area contributed by atoms with E-state index in [4.69, 9.17) is 9.47 Å². The van der Waals surface area contributed by atoms with Crippen LogP contribution < -0.4 is 19.9 Å². The number of rotatable bonds is 6. The average molecular weight is 449 g/mol. The summed E-state index contributed by atoms with van der Waals surface area (Å²) in [6.07, 6.45) is 2.36. The smallest absolute Gasteiger partial charge is 0.353 e. The number of hydrazine groups is 1. The Balaban J connectivity index is 1.56. The van der Waals surface area contributed by atoms with Crippen LogP contribution in [0.25, 0.3) is 6.08 Å². The molecular weight excluding hydrogens is 428 g/mol. The monoisotopic (exact) mass is 448 g/mol. The summed E-state index contributed by atoms with van der Waals surface area (Å²) in [5.74, 6) is -0.886. The van der Waals surface area contributed by atoms with Gasteiger partial charge >= 0.3 is 5.97 Å². The Kier molecular flexibility index (Phi) is 6.04. The third kappa shape index (κ3) is 4.26. The number of nitrogens with zero attached hydrogens (tertiary/aromatic N) is 1. The highest BCUT2D eigenvalue weighted by Crippen LogP contribution is 2.31. The summed E-state index contributed by atoms with van der Waals surface area (Å²) < 4.78 is 10.7. The van der Waals surface area contributed by atoms with Gasteiger partial charge in [0.15, 0.2) is 11.5 Å². The van der Waals surface area contributed by atoms with Gasteiger partial charge in [-0.2, -0.15) is 0 Å². The number of anilines is 1. The molecule has 1 aromatic heterocycles. The zero-order valence-corrected chi connectivity index (χ0v) is 18.3. The maximum atomic E-state index is 12.8. The fraction of sp³-hybridized carbons (Fsp3) is 0.125. The number of carbonyl (C=O) groups is 3. The van der Waals surface area contributed by atoms with Crippen LogP contribution in [0.1, 0.15) is 27.7 Å². The van der Waals surface area contributed by atoms with Crippen LogP contribution in [0.5, 0.6) is 11.5 Å². The quantitative estimate of drug-likeness (QED) is 0.267. The van der Waals surface area contributed by atoms with E-state index in [0.717, 1.165) is 12.0 Å². The van der Waals surface area contributed by atoms with Crippen LogP contribution in [0, 0.1) is 0 Å². The van der Waals surface area contributed by atoms with Gasteiger partial charge in [-0.05, 0) is 59.3 Å². The van der Waals surface area contributed by atoms with Crippen LogP contribution in [0.3, 0.4) is 0 Å². The molecule has 1 aliphatic heterocycles. The van der Waals surface area contributed by atoms with Crippen LogP contribution in [-0.2, 0) is 16.0 Å². The molecule has 8 heteroatoms. The van der Waals surface area contributed by atoms with Crippen LogP contribution in [0.15, 0.2) is 65.6 Å². The lowest BCUT2D eigenvalue weighted by Crippen LogP contribution is -2.35. The first kappa shape index (κ1) is 21.3. The molecule has 1 fully saturated rings. The molecule has 1 aliphatic rings. The highest BCUT2D eigenvalue weighted by atomic mass is 32.1. The number of methoxy groups -OCH3 is 1. The van der Waals surface area contributed by atoms with Crippen molar-refractivity contribution in [2.45, 2.75) is 13.3 Å². The van der Waals surface area contributed by atoms with Crippen molar-refractivity contribution < 1.29 is 23.9 Å². The highest BCUT2D eigenvalue weighted by Gasteiger charge is 2.34. The summed E-state index contributed by atoms with van der Waals surface area (Å²) in [6.45, 7) is 2.04. The molecule has 0 saturated carbocycles. The summed E-state index contributed by atoms with van der Waals surface area (Å²) >= 11 is 1.28. The molecule has 0 unspecified atom stereocenters. The van der Waals surface area contributed by atoms with E-state index >= 15 is 0 Å². The summed E-state index contributed by atoms with van der Waals surface area (Å²) in [6, 6.07) is 15.7. The average Bonchev–Trinajstić information content (AvgIpc) is 3.45. The van der Waals surface area contributed by atoms with E-state index < -0.39 is 17.8 Å². The minimum atomic E-state index is -0.498. The number of esters is 1. The fourth-order valence-electron chi connectivity index (χ4n) is 3.19. The van der Waals surface area contributed by atoms with Crippen LogP contribution >= 0.6 is 11.3 Å². The molecule has 2 aromatic carbocycles. The molecule has 0 spiro atoms. The molecule has 0 aliphatic carbocycles. The topological polar surface area (TPSA) is 84.9 Å². The molecule has 0 bridgehead atoms. The number of amides is 2. The lowest BCUT2D eigenvalue weighted by Gasteiger charge is -2.14. The van der Waals surface area contributed by atoms with Gasteiger partial charge in [0.2, 0.25) is 0 Å². The maximum absolute atomic E-state index is 12.8. The molecule has 3 aromatic rings. The number of hydrogen-bond donors (Lipinski definition) is 1. The van der Waals surface area contributed by atoms with Crippen LogP contribution in [-0.4, -0.2) is 24.9 Å². The second-order valence-corrected chi connectivity index (χ2v) is 7.88. The predicted molar refractivity (Wildman–Crippen MR) is 122 cm³/mol. The van der Waals surface area contributed by atoms with E-state index in [1.807, 2.05) is 19.1 Å². The van der Waals surface area contributed by atoms with Crippen molar-refractivity contribution in [2.75, 3.05) is 12.1 Å². The summed E-state index contributed by atoms with van der Waals surface area (Å²) in [5.41, 5.74) is 4.85. The lowest BCUT2D eigenvalue weighted by atomic mass is 10.1. The molecule has 1 N–H and O–H groups in total. The van der Waals surface area contributed by atoms with Crippen LogP contribution in [0.2, 0.25) is 0 Å². The number of nitrogens with one attached hydrogen (secondary N) is 1. The summed E-state index contributed by atoms with van der Waals surface area (Å²) in [7, 11) is 1.45. The van der Waals surface area contributed by atoms with Gasteiger partial charge in [-0.1, -0.05) is 31.2 Å². The van der Waals surface area contributed by atoms with Crippen molar-refractivity contribution in [1.82, 2.24) is 5.43 Å². The Morgan fingerprint density at radius 1 is 1.09 bits per heavy atom. The Bertz CT molecular complexity index is 1200. The van der Waals surface area contributed by atoms with Gasteiger partial charge in [0.1, 0.15) is 10.5 Å². The van der Waals surface area contributed by atoms with Crippen LogP contribution in [0.4, 0.5) is 5.69 Å². The summed E-state index contributed by atoms with van der Waals surface area (Å²) in [5, 5.41) is 3.01. The number of hydrogen-bond acceptors (Lipinski definition) is 6. The van der Waals surface area contributed by atoms with E-state index in [1.165, 1.54) is 29.5 Å². The first-order chi connectivity index (χ1) is 15.5. The summed E-state index contributed by atoms with van der Waals surface area (Å²) in [4.78, 5) is 38.0. The Morgan fingerprint density at radius 2 is 1.88 bits per heavy atom. The fourth-order valence-corrected chi connectivity index (χ4v) is 3.79. The standard InChI is InChI=1S/C24H20N2O5S/c1-3-15-6-9-17(10-7-15)26-23(28)18(22(27)25-26)13-16-8-11-19(20(14-16)30-2)31-24(29)21-5-4-12-32-21/h4-14H,3H2,1-2H3,(H,25,27). The molecular formula is C24H20N2O5S. The van der Waals surface area contributed by atoms with Gasteiger partial charge in [0.05, 0.1) is 12.8 Å². The van der Waals surface area contributed by atoms with Gasteiger partial charge in [0.25, 0.3) is 11.8 Å². The molecule has 0 atom stereocenters. The van der Waals surface area contributed by atoms with Crippen molar-refractivity contribution in [3.63, 3.8) is 0 Å². The van der Waals surface area contributed by atoms with Crippen molar-refractivity contribution in [3.8, 4) is 11.5 Å². The predicted octanol–water partition coefficient (Wildman–Crippen LogP) is 4.00. The number of thiophene rings is 1. The van der Waals surface area contributed by atoms with E-state index in [9.17, 15) is 14.4 Å². The van der Waals surface area contributed by atoms with E-state index in [0.29, 0.717) is 21.9 Å². The van der Waals surface area contributed by atoms with Gasteiger partial charge in [-0.3, -0.25) is 15.0 Å². The number of aryl methyl sites for hydroxylation is 1. The van der Waals surface area contributed by atoms with E-state index in [-0.39, 0.29) is 11.3 Å². The molecule has 1 saturated heterocycles. The minimum absolute atomic E-state index is 0.00467. The Hall–Kier alpha value is -3.91.